The fourth-order valence-corrected chi connectivity index (χ4v) is 2.57. The average Bonchev–Trinajstić information content (AvgIpc) is 2.48. The van der Waals surface area contributed by atoms with Gasteiger partial charge in [0.05, 0.1) is 6.42 Å². The Balaban J connectivity index is 1.83. The molecule has 0 aromatic heterocycles. The summed E-state index contributed by atoms with van der Waals surface area (Å²) >= 11 is 0. The van der Waals surface area contributed by atoms with Gasteiger partial charge in [0.25, 0.3) is 0 Å². The Kier molecular flexibility index (Phi) is 5.16. The number of nitrogens with zero attached hydrogens (tertiary/aromatic N) is 1. The Bertz CT molecular complexity index is 479. The molecule has 0 unspecified atom stereocenters. The molecule has 1 aromatic carbocycles. The number of carbonyl (C=O) groups is 2. The number of benzene rings is 1. The average molecular weight is 273 g/mol. The second-order valence-electron chi connectivity index (χ2n) is 5.15. The van der Waals surface area contributed by atoms with E-state index in [-0.39, 0.29) is 5.91 Å². The number of aryl methyl sites for hydroxylation is 1. The van der Waals surface area contributed by atoms with E-state index in [0.717, 1.165) is 31.5 Å². The van der Waals surface area contributed by atoms with Crippen molar-refractivity contribution in [3.8, 4) is 0 Å². The standard InChI is InChI=1S/C16H21N2O2/c17-16(20)14-9-3-2-7-13(14)8-6-10-15(19)18-11-4-1-5-12-18/h2-3,7,9-10H,1,4-6,8,11-12H2,(H2,17,20). The van der Waals surface area contributed by atoms with Crippen LogP contribution in [0.1, 0.15) is 41.6 Å². The molecule has 1 aliphatic rings. The van der Waals surface area contributed by atoms with Gasteiger partial charge < -0.3 is 10.6 Å². The highest BCUT2D eigenvalue weighted by Gasteiger charge is 2.16. The van der Waals surface area contributed by atoms with Gasteiger partial charge in [0.1, 0.15) is 0 Å². The van der Waals surface area contributed by atoms with Crippen molar-refractivity contribution in [2.75, 3.05) is 13.1 Å². The first kappa shape index (κ1) is 14.6. The van der Waals surface area contributed by atoms with Crippen molar-refractivity contribution in [3.05, 3.63) is 41.8 Å². The van der Waals surface area contributed by atoms with E-state index in [1.807, 2.05) is 17.0 Å². The molecule has 4 heteroatoms. The van der Waals surface area contributed by atoms with Crippen LogP contribution in [0.25, 0.3) is 0 Å². The number of hydrogen-bond donors (Lipinski definition) is 1. The van der Waals surface area contributed by atoms with Crippen LogP contribution >= 0.6 is 0 Å². The highest BCUT2D eigenvalue weighted by molar-refractivity contribution is 5.94. The number of nitrogens with two attached hydrogens (primary N) is 1. The molecule has 0 aliphatic carbocycles. The van der Waals surface area contributed by atoms with Crippen molar-refractivity contribution < 1.29 is 9.59 Å². The second-order valence-corrected chi connectivity index (χ2v) is 5.15. The Morgan fingerprint density at radius 2 is 1.85 bits per heavy atom. The monoisotopic (exact) mass is 273 g/mol. The van der Waals surface area contributed by atoms with Gasteiger partial charge in [0.2, 0.25) is 11.8 Å². The molecule has 0 bridgehead atoms. The first-order valence-electron chi connectivity index (χ1n) is 7.18. The number of piperidine rings is 1. The van der Waals surface area contributed by atoms with Crippen LogP contribution in [0.5, 0.6) is 0 Å². The number of rotatable bonds is 5. The third kappa shape index (κ3) is 3.83. The Morgan fingerprint density at radius 1 is 1.15 bits per heavy atom. The lowest BCUT2D eigenvalue weighted by Gasteiger charge is -2.26. The van der Waals surface area contributed by atoms with Gasteiger partial charge in [-0.25, -0.2) is 0 Å². The maximum absolute atomic E-state index is 12.0. The van der Waals surface area contributed by atoms with Gasteiger partial charge in [-0.15, -0.1) is 0 Å². The molecule has 2 N–H and O–H groups in total. The number of carbonyl (C=O) groups excluding carboxylic acids is 2. The molecule has 107 valence electrons. The number of amides is 2. The summed E-state index contributed by atoms with van der Waals surface area (Å²) in [6.45, 7) is 1.74. The smallest absolute Gasteiger partial charge is 0.248 e. The van der Waals surface area contributed by atoms with E-state index in [1.54, 1.807) is 18.6 Å². The lowest BCUT2D eigenvalue weighted by molar-refractivity contribution is -0.128. The Labute approximate surface area is 119 Å². The van der Waals surface area contributed by atoms with Crippen molar-refractivity contribution in [1.29, 1.82) is 0 Å². The van der Waals surface area contributed by atoms with Crippen LogP contribution in [-0.4, -0.2) is 29.8 Å². The van der Waals surface area contributed by atoms with Crippen LogP contribution in [0.2, 0.25) is 0 Å². The van der Waals surface area contributed by atoms with Gasteiger partial charge in [0.15, 0.2) is 0 Å². The van der Waals surface area contributed by atoms with Gasteiger partial charge in [0, 0.05) is 18.7 Å². The summed E-state index contributed by atoms with van der Waals surface area (Å²) in [6.07, 6.45) is 6.45. The van der Waals surface area contributed by atoms with E-state index in [2.05, 4.69) is 0 Å². The van der Waals surface area contributed by atoms with E-state index in [1.165, 1.54) is 6.42 Å². The molecule has 1 fully saturated rings. The van der Waals surface area contributed by atoms with Crippen LogP contribution in [0.3, 0.4) is 0 Å². The highest BCUT2D eigenvalue weighted by Crippen LogP contribution is 2.14. The molecular formula is C16H21N2O2. The molecule has 0 atom stereocenters. The minimum Gasteiger partial charge on any atom is -0.366 e. The minimum atomic E-state index is -0.414. The molecule has 1 aromatic rings. The zero-order valence-electron chi connectivity index (χ0n) is 11.7. The van der Waals surface area contributed by atoms with Crippen molar-refractivity contribution in [2.45, 2.75) is 32.1 Å². The van der Waals surface area contributed by atoms with Gasteiger partial charge in [-0.05, 0) is 43.7 Å². The fraction of sp³-hybridized carbons (Fsp3) is 0.438. The van der Waals surface area contributed by atoms with Gasteiger partial charge >= 0.3 is 0 Å². The summed E-state index contributed by atoms with van der Waals surface area (Å²) in [4.78, 5) is 25.2. The van der Waals surface area contributed by atoms with Gasteiger partial charge in [-0.1, -0.05) is 18.2 Å². The predicted molar refractivity (Wildman–Crippen MR) is 78.0 cm³/mol. The summed E-state index contributed by atoms with van der Waals surface area (Å²) < 4.78 is 0. The molecule has 2 rings (SSSR count). The van der Waals surface area contributed by atoms with E-state index in [0.29, 0.717) is 18.4 Å². The predicted octanol–water partition coefficient (Wildman–Crippen LogP) is 1.93. The first-order chi connectivity index (χ1) is 9.68. The topological polar surface area (TPSA) is 63.4 Å². The lowest BCUT2D eigenvalue weighted by Crippen LogP contribution is -2.35. The maximum Gasteiger partial charge on any atom is 0.248 e. The molecule has 1 heterocycles. The molecule has 1 radical (unpaired) electrons. The van der Waals surface area contributed by atoms with Crippen LogP contribution < -0.4 is 5.73 Å². The van der Waals surface area contributed by atoms with Crippen molar-refractivity contribution in [1.82, 2.24) is 4.90 Å². The molecular weight excluding hydrogens is 252 g/mol. The number of likely N-dealkylation sites (tertiary alicyclic amines) is 1. The molecule has 2 amide bonds. The SMILES string of the molecule is NC(=O)c1ccccc1CC[CH]C(=O)N1CCCCC1. The number of hydrogen-bond acceptors (Lipinski definition) is 2. The maximum atomic E-state index is 12.0. The minimum absolute atomic E-state index is 0.112. The number of primary amides is 1. The largest absolute Gasteiger partial charge is 0.366 e. The fourth-order valence-electron chi connectivity index (χ4n) is 2.57. The van der Waals surface area contributed by atoms with Crippen LogP contribution in [0.15, 0.2) is 24.3 Å². The van der Waals surface area contributed by atoms with Crippen molar-refractivity contribution in [3.63, 3.8) is 0 Å². The second kappa shape index (κ2) is 7.08. The molecule has 0 spiro atoms. The van der Waals surface area contributed by atoms with Crippen molar-refractivity contribution in [2.24, 2.45) is 5.73 Å². The van der Waals surface area contributed by atoms with Crippen LogP contribution in [0, 0.1) is 6.42 Å². The first-order valence-corrected chi connectivity index (χ1v) is 7.18. The zero-order valence-corrected chi connectivity index (χ0v) is 11.7. The summed E-state index contributed by atoms with van der Waals surface area (Å²) in [5.74, 6) is -0.302. The van der Waals surface area contributed by atoms with E-state index in [9.17, 15) is 9.59 Å². The zero-order chi connectivity index (χ0) is 14.4. The molecule has 0 saturated carbocycles. The summed E-state index contributed by atoms with van der Waals surface area (Å²) in [6, 6.07) is 7.30. The van der Waals surface area contributed by atoms with Crippen LogP contribution in [-0.2, 0) is 11.2 Å². The normalized spacial score (nSPS) is 15.1. The van der Waals surface area contributed by atoms with E-state index < -0.39 is 5.91 Å². The molecule has 20 heavy (non-hydrogen) atoms. The quantitative estimate of drug-likeness (QED) is 0.891. The summed E-state index contributed by atoms with van der Waals surface area (Å²) in [5.41, 5.74) is 6.79. The van der Waals surface area contributed by atoms with E-state index >= 15 is 0 Å². The Morgan fingerprint density at radius 3 is 2.55 bits per heavy atom. The third-order valence-corrected chi connectivity index (χ3v) is 3.68. The molecule has 1 aliphatic heterocycles. The van der Waals surface area contributed by atoms with Gasteiger partial charge in [-0.3, -0.25) is 9.59 Å². The lowest BCUT2D eigenvalue weighted by atomic mass is 10.0. The van der Waals surface area contributed by atoms with Gasteiger partial charge in [-0.2, -0.15) is 0 Å². The summed E-state index contributed by atoms with van der Waals surface area (Å²) in [7, 11) is 0. The molecule has 4 nitrogen and oxygen atoms in total. The summed E-state index contributed by atoms with van der Waals surface area (Å²) in [5, 5.41) is 0. The van der Waals surface area contributed by atoms with E-state index in [4.69, 9.17) is 5.73 Å². The third-order valence-electron chi connectivity index (χ3n) is 3.68. The van der Waals surface area contributed by atoms with Crippen LogP contribution in [0.4, 0.5) is 0 Å². The highest BCUT2D eigenvalue weighted by atomic mass is 16.2. The Hall–Kier alpha value is -1.84. The van der Waals surface area contributed by atoms with Crippen molar-refractivity contribution >= 4 is 11.8 Å². The molecule has 1 saturated heterocycles.